The second-order valence-corrected chi connectivity index (χ2v) is 5.57. The van der Waals surface area contributed by atoms with E-state index in [1.165, 1.54) is 0 Å². The Labute approximate surface area is 127 Å². The maximum atomic E-state index is 5.98. The molecule has 0 saturated carbocycles. The molecule has 0 amide bonds. The average Bonchev–Trinajstić information content (AvgIpc) is 2.39. The quantitative estimate of drug-likeness (QED) is 0.880. The highest BCUT2D eigenvalue weighted by Crippen LogP contribution is 2.31. The molecular formula is C16H18BrNO2. The summed E-state index contributed by atoms with van der Waals surface area (Å²) < 4.78 is 12.1. The lowest BCUT2D eigenvalue weighted by Crippen LogP contribution is -2.06. The summed E-state index contributed by atoms with van der Waals surface area (Å²) in [4.78, 5) is 0. The largest absolute Gasteiger partial charge is 0.457 e. The predicted octanol–water partition coefficient (Wildman–Crippen LogP) is 4.41. The van der Waals surface area contributed by atoms with Gasteiger partial charge in [0.15, 0.2) is 0 Å². The summed E-state index contributed by atoms with van der Waals surface area (Å²) in [5, 5.41) is 0. The van der Waals surface area contributed by atoms with Crippen molar-refractivity contribution in [3.8, 4) is 11.5 Å². The molecule has 20 heavy (non-hydrogen) atoms. The van der Waals surface area contributed by atoms with Gasteiger partial charge >= 0.3 is 0 Å². The fourth-order valence-corrected chi connectivity index (χ4v) is 2.31. The summed E-state index contributed by atoms with van der Waals surface area (Å²) in [5.74, 6) is 1.54. The van der Waals surface area contributed by atoms with E-state index in [0.717, 1.165) is 27.1 Å². The van der Waals surface area contributed by atoms with Crippen molar-refractivity contribution in [1.29, 1.82) is 0 Å². The highest BCUT2D eigenvalue weighted by atomic mass is 79.9. The number of nitrogens with two attached hydrogens (primary N) is 1. The Morgan fingerprint density at radius 1 is 1.20 bits per heavy atom. The summed E-state index contributed by atoms with van der Waals surface area (Å²) in [6.07, 6.45) is 0. The maximum Gasteiger partial charge on any atom is 0.133 e. The van der Waals surface area contributed by atoms with E-state index in [2.05, 4.69) is 15.9 Å². The first kappa shape index (κ1) is 15.0. The van der Waals surface area contributed by atoms with Crippen molar-refractivity contribution >= 4 is 15.9 Å². The van der Waals surface area contributed by atoms with Gasteiger partial charge in [0.05, 0.1) is 6.61 Å². The standard InChI is InChI=1S/C16H18BrNO2/c1-11(18)15-7-6-13(17)9-16(15)20-14-5-3-4-12(8-14)10-19-2/h3-9,11H,10,18H2,1-2H3. The van der Waals surface area contributed by atoms with Crippen molar-refractivity contribution < 1.29 is 9.47 Å². The molecule has 0 radical (unpaired) electrons. The fourth-order valence-electron chi connectivity index (χ4n) is 1.97. The van der Waals surface area contributed by atoms with Crippen LogP contribution in [0.4, 0.5) is 0 Å². The van der Waals surface area contributed by atoms with E-state index in [-0.39, 0.29) is 6.04 Å². The molecule has 0 bridgehead atoms. The monoisotopic (exact) mass is 335 g/mol. The van der Waals surface area contributed by atoms with E-state index in [9.17, 15) is 0 Å². The smallest absolute Gasteiger partial charge is 0.133 e. The molecule has 2 aromatic rings. The summed E-state index contributed by atoms with van der Waals surface area (Å²) in [6, 6.07) is 13.6. The SMILES string of the molecule is COCc1cccc(Oc2cc(Br)ccc2C(C)N)c1. The Morgan fingerprint density at radius 3 is 2.70 bits per heavy atom. The zero-order valence-corrected chi connectivity index (χ0v) is 13.2. The van der Waals surface area contributed by atoms with Gasteiger partial charge in [0.2, 0.25) is 0 Å². The van der Waals surface area contributed by atoms with Gasteiger partial charge in [-0.3, -0.25) is 0 Å². The Hall–Kier alpha value is -1.36. The van der Waals surface area contributed by atoms with Crippen LogP contribution in [0.1, 0.15) is 24.1 Å². The Balaban J connectivity index is 2.29. The molecule has 0 aliphatic rings. The molecule has 0 aliphatic heterocycles. The molecule has 0 spiro atoms. The molecule has 2 N–H and O–H groups in total. The molecule has 2 rings (SSSR count). The number of hydrogen-bond acceptors (Lipinski definition) is 3. The maximum absolute atomic E-state index is 5.98. The van der Waals surface area contributed by atoms with E-state index in [0.29, 0.717) is 6.61 Å². The molecule has 4 heteroatoms. The first-order chi connectivity index (χ1) is 9.60. The molecule has 2 aromatic carbocycles. The summed E-state index contributed by atoms with van der Waals surface area (Å²) in [7, 11) is 1.68. The van der Waals surface area contributed by atoms with Crippen LogP contribution < -0.4 is 10.5 Å². The van der Waals surface area contributed by atoms with Gasteiger partial charge in [-0.25, -0.2) is 0 Å². The number of ether oxygens (including phenoxy) is 2. The van der Waals surface area contributed by atoms with Crippen LogP contribution in [0.2, 0.25) is 0 Å². The van der Waals surface area contributed by atoms with Crippen LogP contribution in [-0.2, 0) is 11.3 Å². The Morgan fingerprint density at radius 2 is 2.00 bits per heavy atom. The third-order valence-corrected chi connectivity index (χ3v) is 3.40. The lowest BCUT2D eigenvalue weighted by atomic mass is 10.1. The lowest BCUT2D eigenvalue weighted by molar-refractivity contribution is 0.184. The third kappa shape index (κ3) is 3.82. The summed E-state index contributed by atoms with van der Waals surface area (Å²) >= 11 is 3.46. The van der Waals surface area contributed by atoms with Gasteiger partial charge in [-0.05, 0) is 36.8 Å². The van der Waals surface area contributed by atoms with Crippen LogP contribution in [0.3, 0.4) is 0 Å². The van der Waals surface area contributed by atoms with Crippen molar-refractivity contribution in [1.82, 2.24) is 0 Å². The number of methoxy groups -OCH3 is 1. The van der Waals surface area contributed by atoms with Gasteiger partial charge in [-0.2, -0.15) is 0 Å². The van der Waals surface area contributed by atoms with Crippen LogP contribution in [0.5, 0.6) is 11.5 Å². The first-order valence-corrected chi connectivity index (χ1v) is 7.20. The minimum absolute atomic E-state index is 0.0831. The van der Waals surface area contributed by atoms with E-state index in [4.69, 9.17) is 15.2 Å². The molecule has 0 fully saturated rings. The number of halogens is 1. The predicted molar refractivity (Wildman–Crippen MR) is 84.0 cm³/mol. The van der Waals surface area contributed by atoms with Crippen molar-refractivity contribution in [3.05, 3.63) is 58.1 Å². The Kier molecular flexibility index (Phi) is 5.17. The Bertz CT molecular complexity index is 584. The van der Waals surface area contributed by atoms with Crippen LogP contribution in [0, 0.1) is 0 Å². The third-order valence-electron chi connectivity index (χ3n) is 2.90. The summed E-state index contributed by atoms with van der Waals surface area (Å²) in [5.41, 5.74) is 8.03. The van der Waals surface area contributed by atoms with Crippen molar-refractivity contribution in [2.75, 3.05) is 7.11 Å². The van der Waals surface area contributed by atoms with Gasteiger partial charge in [-0.1, -0.05) is 34.1 Å². The average molecular weight is 336 g/mol. The molecule has 106 valence electrons. The van der Waals surface area contributed by atoms with Crippen molar-refractivity contribution in [2.45, 2.75) is 19.6 Å². The molecule has 0 aromatic heterocycles. The zero-order valence-electron chi connectivity index (χ0n) is 11.6. The molecule has 1 unspecified atom stereocenters. The molecule has 0 heterocycles. The van der Waals surface area contributed by atoms with Gasteiger partial charge < -0.3 is 15.2 Å². The van der Waals surface area contributed by atoms with E-state index in [1.807, 2.05) is 49.4 Å². The van der Waals surface area contributed by atoms with E-state index < -0.39 is 0 Å². The highest BCUT2D eigenvalue weighted by Gasteiger charge is 2.10. The number of benzene rings is 2. The molecule has 3 nitrogen and oxygen atoms in total. The van der Waals surface area contributed by atoms with E-state index >= 15 is 0 Å². The molecule has 0 aliphatic carbocycles. The summed E-state index contributed by atoms with van der Waals surface area (Å²) in [6.45, 7) is 2.51. The normalized spacial score (nSPS) is 12.2. The lowest BCUT2D eigenvalue weighted by Gasteiger charge is -2.14. The first-order valence-electron chi connectivity index (χ1n) is 6.41. The zero-order chi connectivity index (χ0) is 14.5. The second kappa shape index (κ2) is 6.88. The minimum atomic E-state index is -0.0831. The number of rotatable bonds is 5. The molecule has 0 saturated heterocycles. The van der Waals surface area contributed by atoms with E-state index in [1.54, 1.807) is 7.11 Å². The van der Waals surface area contributed by atoms with Crippen LogP contribution in [0.25, 0.3) is 0 Å². The van der Waals surface area contributed by atoms with Gasteiger partial charge in [-0.15, -0.1) is 0 Å². The minimum Gasteiger partial charge on any atom is -0.457 e. The van der Waals surface area contributed by atoms with Gasteiger partial charge in [0.1, 0.15) is 11.5 Å². The van der Waals surface area contributed by atoms with Gasteiger partial charge in [0, 0.05) is 23.2 Å². The van der Waals surface area contributed by atoms with Crippen LogP contribution in [-0.4, -0.2) is 7.11 Å². The molecular weight excluding hydrogens is 318 g/mol. The molecule has 1 atom stereocenters. The topological polar surface area (TPSA) is 44.5 Å². The van der Waals surface area contributed by atoms with Crippen molar-refractivity contribution in [2.24, 2.45) is 5.73 Å². The second-order valence-electron chi connectivity index (χ2n) is 4.65. The van der Waals surface area contributed by atoms with Crippen LogP contribution >= 0.6 is 15.9 Å². The van der Waals surface area contributed by atoms with Crippen LogP contribution in [0.15, 0.2) is 46.9 Å². The number of hydrogen-bond donors (Lipinski definition) is 1. The highest BCUT2D eigenvalue weighted by molar-refractivity contribution is 9.10. The fraction of sp³-hybridized carbons (Fsp3) is 0.250. The van der Waals surface area contributed by atoms with Gasteiger partial charge in [0.25, 0.3) is 0 Å². The van der Waals surface area contributed by atoms with Crippen molar-refractivity contribution in [3.63, 3.8) is 0 Å².